The predicted octanol–water partition coefficient (Wildman–Crippen LogP) is 4.69. The lowest BCUT2D eigenvalue weighted by atomic mass is 9.87. The van der Waals surface area contributed by atoms with Crippen molar-refractivity contribution < 1.29 is 22.9 Å². The van der Waals surface area contributed by atoms with Gasteiger partial charge in [0.2, 0.25) is 5.91 Å². The van der Waals surface area contributed by atoms with E-state index in [0.29, 0.717) is 25.6 Å². The molecule has 2 amide bonds. The quantitative estimate of drug-likeness (QED) is 0.470. The third kappa shape index (κ3) is 6.10. The highest BCUT2D eigenvalue weighted by atomic mass is 19.1. The van der Waals surface area contributed by atoms with E-state index in [1.165, 1.54) is 31.4 Å². The molecule has 1 aromatic heterocycles. The van der Waals surface area contributed by atoms with Crippen LogP contribution in [0.15, 0.2) is 59.1 Å². The van der Waals surface area contributed by atoms with Gasteiger partial charge in [0, 0.05) is 43.9 Å². The van der Waals surface area contributed by atoms with Gasteiger partial charge in [-0.25, -0.2) is 8.78 Å². The van der Waals surface area contributed by atoms with Crippen LogP contribution in [0.5, 0.6) is 0 Å². The van der Waals surface area contributed by atoms with Gasteiger partial charge in [-0.15, -0.1) is 0 Å². The summed E-state index contributed by atoms with van der Waals surface area (Å²) in [7, 11) is 0. The van der Waals surface area contributed by atoms with Crippen molar-refractivity contribution in [3.05, 3.63) is 77.5 Å². The monoisotopic (exact) mass is 522 g/mol. The van der Waals surface area contributed by atoms with E-state index >= 15 is 0 Å². The lowest BCUT2D eigenvalue weighted by molar-refractivity contribution is -0.128. The van der Waals surface area contributed by atoms with Crippen molar-refractivity contribution in [1.82, 2.24) is 20.7 Å². The molecule has 0 unspecified atom stereocenters. The van der Waals surface area contributed by atoms with E-state index in [1.54, 1.807) is 0 Å². The Balaban J connectivity index is 1.29. The van der Waals surface area contributed by atoms with E-state index in [1.807, 2.05) is 30.3 Å². The number of nitrogens with one attached hydrogen (secondary N) is 2. The number of nitrogens with zero attached hydrogens (tertiary/aromatic N) is 2. The number of carbonyl (C=O) groups excluding carboxylic acids is 2. The molecule has 5 rings (SSSR count). The Labute approximate surface area is 220 Å². The number of hydrogen-bond acceptors (Lipinski definition) is 5. The molecule has 2 N–H and O–H groups in total. The molecule has 2 aromatic carbocycles. The molecule has 3 aromatic rings. The average molecular weight is 523 g/mol. The van der Waals surface area contributed by atoms with Crippen LogP contribution in [0.4, 0.5) is 8.78 Å². The van der Waals surface area contributed by atoms with E-state index in [4.69, 9.17) is 4.52 Å². The van der Waals surface area contributed by atoms with E-state index in [2.05, 4.69) is 20.7 Å². The van der Waals surface area contributed by atoms with Crippen molar-refractivity contribution in [2.24, 2.45) is 5.92 Å². The minimum Gasteiger partial charge on any atom is -0.355 e. The number of amides is 2. The first-order valence-electron chi connectivity index (χ1n) is 13.3. The largest absolute Gasteiger partial charge is 0.355 e. The summed E-state index contributed by atoms with van der Waals surface area (Å²) >= 11 is 0. The first-order valence-corrected chi connectivity index (χ1v) is 13.3. The van der Waals surface area contributed by atoms with E-state index in [-0.39, 0.29) is 29.0 Å². The number of benzene rings is 2. The molecular formula is C29H32F2N4O3. The lowest BCUT2D eigenvalue weighted by Crippen LogP contribution is -2.57. The SMILES string of the molecule is O=C(N[C@H]1CCN(C2CCCCC2)C[C@@H]1C(=O)NCc1ccccc1)c1cc(-c2ccc(F)cc2F)on1. The summed E-state index contributed by atoms with van der Waals surface area (Å²) in [6, 6.07) is 14.2. The first-order chi connectivity index (χ1) is 18.5. The highest BCUT2D eigenvalue weighted by molar-refractivity contribution is 5.94. The second-order valence-corrected chi connectivity index (χ2v) is 10.2. The molecule has 1 saturated carbocycles. The Morgan fingerprint density at radius 3 is 2.55 bits per heavy atom. The molecule has 0 radical (unpaired) electrons. The number of halogens is 2. The highest BCUT2D eigenvalue weighted by Gasteiger charge is 2.38. The Morgan fingerprint density at radius 2 is 1.79 bits per heavy atom. The van der Waals surface area contributed by atoms with Crippen LogP contribution < -0.4 is 10.6 Å². The summed E-state index contributed by atoms with van der Waals surface area (Å²) in [4.78, 5) is 28.9. The Morgan fingerprint density at radius 1 is 1.00 bits per heavy atom. The zero-order chi connectivity index (χ0) is 26.5. The number of hydrogen-bond donors (Lipinski definition) is 2. The molecule has 2 heterocycles. The number of piperidine rings is 1. The van der Waals surface area contributed by atoms with E-state index in [9.17, 15) is 18.4 Å². The van der Waals surface area contributed by atoms with Crippen molar-refractivity contribution in [2.45, 2.75) is 57.2 Å². The number of carbonyl (C=O) groups is 2. The molecule has 2 fully saturated rings. The molecule has 0 spiro atoms. The highest BCUT2D eigenvalue weighted by Crippen LogP contribution is 2.28. The smallest absolute Gasteiger partial charge is 0.273 e. The predicted molar refractivity (Wildman–Crippen MR) is 138 cm³/mol. The van der Waals surface area contributed by atoms with Gasteiger partial charge in [-0.05, 0) is 37.0 Å². The van der Waals surface area contributed by atoms with Crippen LogP contribution in [0, 0.1) is 17.6 Å². The second-order valence-electron chi connectivity index (χ2n) is 10.2. The van der Waals surface area contributed by atoms with Crippen molar-refractivity contribution >= 4 is 11.8 Å². The third-order valence-corrected chi connectivity index (χ3v) is 7.64. The molecule has 2 aliphatic rings. The fraction of sp³-hybridized carbons (Fsp3) is 0.414. The molecule has 1 saturated heterocycles. The van der Waals surface area contributed by atoms with Gasteiger partial charge in [-0.3, -0.25) is 14.5 Å². The first kappa shape index (κ1) is 26.0. The molecule has 9 heteroatoms. The normalized spacial score (nSPS) is 20.7. The lowest BCUT2D eigenvalue weighted by Gasteiger charge is -2.43. The van der Waals surface area contributed by atoms with Gasteiger partial charge in [0.15, 0.2) is 11.5 Å². The van der Waals surface area contributed by atoms with Crippen LogP contribution in [-0.4, -0.2) is 47.0 Å². The fourth-order valence-electron chi connectivity index (χ4n) is 5.55. The third-order valence-electron chi connectivity index (χ3n) is 7.64. The summed E-state index contributed by atoms with van der Waals surface area (Å²) in [6.45, 7) is 1.78. The molecule has 200 valence electrons. The zero-order valence-corrected chi connectivity index (χ0v) is 21.2. The molecule has 2 atom stereocenters. The van der Waals surface area contributed by atoms with Gasteiger partial charge in [-0.1, -0.05) is 54.8 Å². The molecule has 1 aliphatic carbocycles. The minimum absolute atomic E-state index is 0.0110. The molecular weight excluding hydrogens is 490 g/mol. The van der Waals surface area contributed by atoms with Crippen LogP contribution in [0.25, 0.3) is 11.3 Å². The van der Waals surface area contributed by atoms with Gasteiger partial charge in [-0.2, -0.15) is 0 Å². The van der Waals surface area contributed by atoms with E-state index in [0.717, 1.165) is 37.1 Å². The molecule has 0 bridgehead atoms. The van der Waals surface area contributed by atoms with Crippen LogP contribution in [0.2, 0.25) is 0 Å². The van der Waals surface area contributed by atoms with Crippen molar-refractivity contribution in [3.8, 4) is 11.3 Å². The van der Waals surface area contributed by atoms with Crippen LogP contribution in [0.1, 0.15) is 54.6 Å². The van der Waals surface area contributed by atoms with Crippen LogP contribution in [0.3, 0.4) is 0 Å². The van der Waals surface area contributed by atoms with Gasteiger partial charge in [0.05, 0.1) is 11.5 Å². The van der Waals surface area contributed by atoms with Crippen LogP contribution in [-0.2, 0) is 11.3 Å². The van der Waals surface area contributed by atoms with Crippen molar-refractivity contribution in [1.29, 1.82) is 0 Å². The minimum atomic E-state index is -0.807. The maximum Gasteiger partial charge on any atom is 0.273 e. The summed E-state index contributed by atoms with van der Waals surface area (Å²) < 4.78 is 32.6. The van der Waals surface area contributed by atoms with Gasteiger partial charge in [0.25, 0.3) is 5.91 Å². The Bertz CT molecular complexity index is 1260. The van der Waals surface area contributed by atoms with Crippen LogP contribution >= 0.6 is 0 Å². The fourth-order valence-corrected chi connectivity index (χ4v) is 5.55. The molecule has 1 aliphatic heterocycles. The standard InChI is InChI=1S/C29H32F2N4O3/c30-20-11-12-22(24(31)15-20)27-16-26(34-38-27)29(37)33-25-13-14-35(21-9-5-2-6-10-21)18-23(25)28(36)32-17-19-7-3-1-4-8-19/h1,3-4,7-8,11-12,15-16,21,23,25H,2,5-6,9-10,13-14,17-18H2,(H,32,36)(H,33,37)/t23-,25-/m0/s1. The topological polar surface area (TPSA) is 87.5 Å². The van der Waals surface area contributed by atoms with E-state index < -0.39 is 23.5 Å². The summed E-state index contributed by atoms with van der Waals surface area (Å²) in [5.74, 6) is -2.53. The maximum absolute atomic E-state index is 14.2. The van der Waals surface area contributed by atoms with Crippen molar-refractivity contribution in [3.63, 3.8) is 0 Å². The van der Waals surface area contributed by atoms with Gasteiger partial charge < -0.3 is 15.2 Å². The second kappa shape index (κ2) is 11.9. The van der Waals surface area contributed by atoms with Crippen molar-refractivity contribution in [2.75, 3.05) is 13.1 Å². The molecule has 38 heavy (non-hydrogen) atoms. The summed E-state index contributed by atoms with van der Waals surface area (Å²) in [5.41, 5.74) is 0.989. The number of aromatic nitrogens is 1. The average Bonchev–Trinajstić information content (AvgIpc) is 3.43. The maximum atomic E-state index is 14.2. The molecule has 7 nitrogen and oxygen atoms in total. The Hall–Kier alpha value is -3.59. The summed E-state index contributed by atoms with van der Waals surface area (Å²) in [5, 5.41) is 9.82. The zero-order valence-electron chi connectivity index (χ0n) is 21.2. The summed E-state index contributed by atoms with van der Waals surface area (Å²) in [6.07, 6.45) is 6.56. The van der Waals surface area contributed by atoms with Gasteiger partial charge in [0.1, 0.15) is 11.6 Å². The van der Waals surface area contributed by atoms with Gasteiger partial charge >= 0.3 is 0 Å². The number of likely N-dealkylation sites (tertiary alicyclic amines) is 1. The Kier molecular flexibility index (Phi) is 8.12. The number of rotatable bonds is 7.